The van der Waals surface area contributed by atoms with Crippen LogP contribution in [0.5, 0.6) is 0 Å². The van der Waals surface area contributed by atoms with Gasteiger partial charge >= 0.3 is 19.8 Å². The van der Waals surface area contributed by atoms with E-state index in [1.165, 1.54) is 0 Å². The molecule has 222 valence electrons. The van der Waals surface area contributed by atoms with Crippen LogP contribution in [0.25, 0.3) is 0 Å². The molecule has 1 saturated heterocycles. The Labute approximate surface area is 215 Å². The lowest BCUT2D eigenvalue weighted by Gasteiger charge is -2.47. The fourth-order valence-electron chi connectivity index (χ4n) is 3.72. The van der Waals surface area contributed by atoms with Crippen LogP contribution in [0.1, 0.15) is 13.8 Å². The zero-order valence-electron chi connectivity index (χ0n) is 20.2. The third-order valence-electron chi connectivity index (χ3n) is 5.67. The Morgan fingerprint density at radius 3 is 1.89 bits per heavy atom. The Hall–Kier alpha value is -1.35. The van der Waals surface area contributed by atoms with E-state index in [0.29, 0.717) is 0 Å². The first-order valence-electron chi connectivity index (χ1n) is 11.2. The molecule has 0 spiro atoms. The second-order valence-electron chi connectivity index (χ2n) is 8.63. The molecule has 1 unspecified atom stereocenters. The minimum atomic E-state index is -5.27. The molecule has 13 atom stereocenters. The highest BCUT2D eigenvalue weighted by molar-refractivity contribution is 7.47. The Morgan fingerprint density at radius 1 is 0.816 bits per heavy atom. The summed E-state index contributed by atoms with van der Waals surface area (Å²) >= 11 is 0. The van der Waals surface area contributed by atoms with Gasteiger partial charge in [-0.05, 0) is 0 Å². The number of phosphoric acid groups is 1. The van der Waals surface area contributed by atoms with Crippen molar-refractivity contribution in [2.75, 3.05) is 19.8 Å². The normalized spacial score (nSPS) is 40.1. The van der Waals surface area contributed by atoms with Crippen LogP contribution in [0, 0.1) is 0 Å². The zero-order valence-corrected chi connectivity index (χ0v) is 21.1. The lowest BCUT2D eigenvalue weighted by molar-refractivity contribution is -0.338. The molecule has 0 aromatic rings. The molecule has 0 radical (unpaired) electrons. The van der Waals surface area contributed by atoms with Crippen molar-refractivity contribution in [3.8, 4) is 0 Å². The number of hydrogen-bond donors (Lipinski definition) is 9. The van der Waals surface area contributed by atoms with E-state index in [0.717, 1.165) is 13.8 Å². The van der Waals surface area contributed by atoms with Gasteiger partial charge in [0.05, 0.1) is 13.2 Å². The Morgan fingerprint density at radius 2 is 1.37 bits per heavy atom. The van der Waals surface area contributed by atoms with Gasteiger partial charge in [-0.3, -0.25) is 18.6 Å². The minimum Gasteiger partial charge on any atom is -0.462 e. The van der Waals surface area contributed by atoms with Gasteiger partial charge in [0.1, 0.15) is 67.6 Å². The third kappa shape index (κ3) is 8.33. The number of hydrogen-bond acceptors (Lipinski definition) is 17. The molecule has 38 heavy (non-hydrogen) atoms. The van der Waals surface area contributed by atoms with Crippen molar-refractivity contribution in [1.82, 2.24) is 0 Å². The summed E-state index contributed by atoms with van der Waals surface area (Å²) in [5.41, 5.74) is 0. The van der Waals surface area contributed by atoms with Crippen LogP contribution in [0.3, 0.4) is 0 Å². The highest BCUT2D eigenvalue weighted by Crippen LogP contribution is 2.47. The Kier molecular flexibility index (Phi) is 12.0. The molecule has 1 aliphatic carbocycles. The average molecular weight is 580 g/mol. The number of carbonyl (C=O) groups excluding carboxylic acids is 2. The van der Waals surface area contributed by atoms with E-state index in [-0.39, 0.29) is 0 Å². The van der Waals surface area contributed by atoms with Crippen LogP contribution in [0.2, 0.25) is 0 Å². The average Bonchev–Trinajstić information content (AvgIpc) is 2.84. The van der Waals surface area contributed by atoms with Crippen LogP contribution in [-0.2, 0) is 42.1 Å². The largest absolute Gasteiger partial charge is 0.472 e. The summed E-state index contributed by atoms with van der Waals surface area (Å²) < 4.78 is 42.2. The van der Waals surface area contributed by atoms with Gasteiger partial charge in [0.15, 0.2) is 12.4 Å². The van der Waals surface area contributed by atoms with Gasteiger partial charge in [-0.2, -0.15) is 0 Å². The summed E-state index contributed by atoms with van der Waals surface area (Å²) in [6.07, 6.45) is -23.3. The third-order valence-corrected chi connectivity index (χ3v) is 6.66. The summed E-state index contributed by atoms with van der Waals surface area (Å²) in [7, 11) is -5.27. The maximum absolute atomic E-state index is 12.6. The molecule has 19 heteroatoms. The number of esters is 2. The second-order valence-corrected chi connectivity index (χ2v) is 10.0. The highest BCUT2D eigenvalue weighted by atomic mass is 31.2. The summed E-state index contributed by atoms with van der Waals surface area (Å²) in [4.78, 5) is 32.5. The molecule has 2 aliphatic rings. The smallest absolute Gasteiger partial charge is 0.462 e. The van der Waals surface area contributed by atoms with Crippen molar-refractivity contribution in [3.63, 3.8) is 0 Å². The van der Waals surface area contributed by atoms with Crippen LogP contribution in [0.4, 0.5) is 0 Å². The van der Waals surface area contributed by atoms with E-state index < -0.39 is 113 Å². The molecular weight excluding hydrogens is 547 g/mol. The summed E-state index contributed by atoms with van der Waals surface area (Å²) in [5.74, 6) is -1.61. The predicted octanol–water partition coefficient (Wildman–Crippen LogP) is -5.37. The van der Waals surface area contributed by atoms with Gasteiger partial charge in [-0.1, -0.05) is 0 Å². The number of ether oxygens (including phenoxy) is 4. The number of aliphatic hydroxyl groups is 8. The molecule has 1 saturated carbocycles. The van der Waals surface area contributed by atoms with Crippen molar-refractivity contribution in [2.45, 2.75) is 87.3 Å². The summed E-state index contributed by atoms with van der Waals surface area (Å²) in [6, 6.07) is 0. The number of carbonyl (C=O) groups is 2. The van der Waals surface area contributed by atoms with Crippen LogP contribution >= 0.6 is 7.82 Å². The molecule has 0 aromatic carbocycles. The van der Waals surface area contributed by atoms with Crippen molar-refractivity contribution in [2.24, 2.45) is 0 Å². The van der Waals surface area contributed by atoms with Crippen molar-refractivity contribution in [3.05, 3.63) is 0 Å². The van der Waals surface area contributed by atoms with Crippen molar-refractivity contribution < 1.29 is 87.9 Å². The van der Waals surface area contributed by atoms with E-state index >= 15 is 0 Å². The van der Waals surface area contributed by atoms with E-state index in [2.05, 4.69) is 4.74 Å². The maximum Gasteiger partial charge on any atom is 0.472 e. The molecular formula is C19H33O18P. The van der Waals surface area contributed by atoms with E-state index in [1.54, 1.807) is 0 Å². The molecule has 2 fully saturated rings. The van der Waals surface area contributed by atoms with Crippen LogP contribution in [0.15, 0.2) is 0 Å². The standard InChI is InChI=1S/C19H33O18P/c1-6(21)32-4-8(34-7(2)22)5-33-38(30,31)37-18-15(28)13(26)12(25)14(27)17(18)36-19-16(29)11(24)10(23)9(3-20)35-19/h8-20,23-29H,3-5H2,1-2H3,(H,30,31)/t8-,9-,10-,11+,12+,13+,14-,15-,16+,17+,18-,19-/m1/s1. The molecule has 1 heterocycles. The number of rotatable bonds is 11. The molecule has 0 aromatic heterocycles. The second kappa shape index (κ2) is 13.8. The van der Waals surface area contributed by atoms with E-state index in [9.17, 15) is 59.9 Å². The van der Waals surface area contributed by atoms with Gasteiger partial charge in [-0.25, -0.2) is 4.57 Å². The molecule has 9 N–H and O–H groups in total. The number of phosphoric ester groups is 1. The van der Waals surface area contributed by atoms with Crippen molar-refractivity contribution in [1.29, 1.82) is 0 Å². The van der Waals surface area contributed by atoms with Gasteiger partial charge < -0.3 is 64.7 Å². The van der Waals surface area contributed by atoms with Gasteiger partial charge in [0.2, 0.25) is 0 Å². The highest BCUT2D eigenvalue weighted by Gasteiger charge is 2.55. The maximum atomic E-state index is 12.6. The first-order valence-corrected chi connectivity index (χ1v) is 12.7. The minimum absolute atomic E-state index is 0.562. The molecule has 0 amide bonds. The Balaban J connectivity index is 2.21. The van der Waals surface area contributed by atoms with Crippen LogP contribution in [-0.4, -0.2) is 151 Å². The summed E-state index contributed by atoms with van der Waals surface area (Å²) in [5, 5.41) is 80.4. The summed E-state index contributed by atoms with van der Waals surface area (Å²) in [6.45, 7) is -0.221. The topological polar surface area (TPSA) is 289 Å². The molecule has 1 aliphatic heterocycles. The molecule has 18 nitrogen and oxygen atoms in total. The predicted molar refractivity (Wildman–Crippen MR) is 116 cm³/mol. The SMILES string of the molecule is CC(=O)OC[C@H](COP(=O)(O)O[C@@H]1[C@H](O)[C@@H](O)[C@H](O)[C@@H](O)[C@@H]1O[C@H]1O[C@H](CO)[C@@H](O)[C@H](O)[C@@H]1O)OC(C)=O. The zero-order chi connectivity index (χ0) is 28.9. The van der Waals surface area contributed by atoms with Gasteiger partial charge in [-0.15, -0.1) is 0 Å². The first kappa shape index (κ1) is 32.9. The first-order chi connectivity index (χ1) is 17.6. The fourth-order valence-corrected chi connectivity index (χ4v) is 4.69. The lowest BCUT2D eigenvalue weighted by atomic mass is 9.84. The van der Waals surface area contributed by atoms with Gasteiger partial charge in [0.25, 0.3) is 0 Å². The van der Waals surface area contributed by atoms with Crippen molar-refractivity contribution >= 4 is 19.8 Å². The van der Waals surface area contributed by atoms with E-state index in [1.807, 2.05) is 0 Å². The Bertz CT molecular complexity index is 841. The van der Waals surface area contributed by atoms with E-state index in [4.69, 9.17) is 23.3 Å². The quantitative estimate of drug-likeness (QED) is 0.0814. The lowest BCUT2D eigenvalue weighted by Crippen LogP contribution is -2.67. The van der Waals surface area contributed by atoms with Gasteiger partial charge in [0, 0.05) is 13.8 Å². The molecule has 0 bridgehead atoms. The van der Waals surface area contributed by atoms with Crippen LogP contribution < -0.4 is 0 Å². The molecule has 2 rings (SSSR count). The fraction of sp³-hybridized carbons (Fsp3) is 0.895. The number of aliphatic hydroxyl groups excluding tert-OH is 8. The monoisotopic (exact) mass is 580 g/mol.